The number of ether oxygens (including phenoxy) is 1. The third-order valence-corrected chi connectivity index (χ3v) is 0.891. The zero-order valence-electron chi connectivity index (χ0n) is 4.56. The molecular weight excluding hydrogens is 122 g/mol. The highest BCUT2D eigenvalue weighted by molar-refractivity contribution is 5.04. The summed E-state index contributed by atoms with van der Waals surface area (Å²) >= 11 is 0. The maximum absolute atomic E-state index is 9.95. The Morgan fingerprint density at radius 2 is 2.33 bits per heavy atom. The summed E-state index contributed by atoms with van der Waals surface area (Å²) in [5.41, 5.74) is 0. The van der Waals surface area contributed by atoms with Crippen molar-refractivity contribution in [3.8, 4) is 0 Å². The van der Waals surface area contributed by atoms with Gasteiger partial charge in [0, 0.05) is 6.08 Å². The molecule has 4 heteroatoms. The quantitative estimate of drug-likeness (QED) is 0.384. The second-order valence-corrected chi connectivity index (χ2v) is 1.53. The Morgan fingerprint density at radius 1 is 1.56 bits per heavy atom. The topological polar surface area (TPSA) is 52.4 Å². The Kier molecular flexibility index (Phi) is 1.48. The lowest BCUT2D eigenvalue weighted by Crippen LogP contribution is -2.18. The molecule has 0 radical (unpaired) electrons. The summed E-state index contributed by atoms with van der Waals surface area (Å²) in [5.74, 6) is 0. The molecule has 0 bridgehead atoms. The van der Waals surface area contributed by atoms with Gasteiger partial charge in [0.1, 0.15) is 0 Å². The normalized spacial score (nSPS) is 23.3. The largest absolute Gasteiger partial charge is 0.435 e. The fraction of sp³-hybridized carbons (Fsp3) is 0.200. The minimum Gasteiger partial charge on any atom is -0.435 e. The molecule has 1 unspecified atom stereocenters. The second kappa shape index (κ2) is 2.30. The predicted octanol–water partition coefficient (Wildman–Crippen LogP) is 0.689. The lowest BCUT2D eigenvalue weighted by atomic mass is 10.4. The molecule has 0 N–H and O–H groups in total. The van der Waals surface area contributed by atoms with E-state index in [-0.39, 0.29) is 0 Å². The van der Waals surface area contributed by atoms with Gasteiger partial charge in [-0.2, -0.15) is 0 Å². The Balaban J connectivity index is 2.56. The zero-order chi connectivity index (χ0) is 6.69. The number of hydrogen-bond donors (Lipinski definition) is 0. The molecule has 0 aliphatic carbocycles. The molecule has 0 fully saturated rings. The van der Waals surface area contributed by atoms with Crippen LogP contribution in [-0.2, 0) is 4.74 Å². The van der Waals surface area contributed by atoms with Crippen LogP contribution in [0.5, 0.6) is 0 Å². The van der Waals surface area contributed by atoms with E-state index in [9.17, 15) is 10.1 Å². The average Bonchev–Trinajstić information content (AvgIpc) is 1.90. The summed E-state index contributed by atoms with van der Waals surface area (Å²) in [7, 11) is 0. The Bertz CT molecular complexity index is 173. The molecule has 48 valence electrons. The summed E-state index contributed by atoms with van der Waals surface area (Å²) in [4.78, 5) is 9.45. The molecular formula is C5H5NO3. The predicted molar refractivity (Wildman–Crippen MR) is 30.1 cm³/mol. The fourth-order valence-electron chi connectivity index (χ4n) is 0.496. The van der Waals surface area contributed by atoms with E-state index in [1.807, 2.05) is 0 Å². The summed E-state index contributed by atoms with van der Waals surface area (Å²) in [6, 6.07) is 0. The molecule has 1 atom stereocenters. The van der Waals surface area contributed by atoms with E-state index in [1.54, 1.807) is 12.2 Å². The maximum atomic E-state index is 9.95. The van der Waals surface area contributed by atoms with Crippen LogP contribution in [0.3, 0.4) is 0 Å². The van der Waals surface area contributed by atoms with Crippen molar-refractivity contribution < 1.29 is 9.66 Å². The Hall–Kier alpha value is -1.32. The van der Waals surface area contributed by atoms with Crippen molar-refractivity contribution in [1.82, 2.24) is 0 Å². The minimum atomic E-state index is -0.991. The minimum absolute atomic E-state index is 0.500. The number of rotatable bonds is 1. The van der Waals surface area contributed by atoms with Crippen molar-refractivity contribution >= 4 is 0 Å². The van der Waals surface area contributed by atoms with Crippen molar-refractivity contribution in [3.63, 3.8) is 0 Å². The highest BCUT2D eigenvalue weighted by Crippen LogP contribution is 2.01. The highest BCUT2D eigenvalue weighted by Gasteiger charge is 2.15. The van der Waals surface area contributed by atoms with Crippen molar-refractivity contribution in [2.45, 2.75) is 6.23 Å². The van der Waals surface area contributed by atoms with Crippen LogP contribution >= 0.6 is 0 Å². The van der Waals surface area contributed by atoms with E-state index in [1.165, 1.54) is 12.3 Å². The monoisotopic (exact) mass is 127 g/mol. The van der Waals surface area contributed by atoms with Gasteiger partial charge in [-0.3, -0.25) is 10.1 Å². The van der Waals surface area contributed by atoms with Gasteiger partial charge in [-0.1, -0.05) is 6.08 Å². The lowest BCUT2D eigenvalue weighted by Gasteiger charge is -2.04. The molecule has 0 aromatic carbocycles. The van der Waals surface area contributed by atoms with Crippen LogP contribution in [0.15, 0.2) is 24.5 Å². The third kappa shape index (κ3) is 1.28. The van der Waals surface area contributed by atoms with Gasteiger partial charge in [0.15, 0.2) is 0 Å². The van der Waals surface area contributed by atoms with Crippen LogP contribution in [0.1, 0.15) is 0 Å². The molecule has 0 saturated carbocycles. The van der Waals surface area contributed by atoms with E-state index in [2.05, 4.69) is 4.74 Å². The van der Waals surface area contributed by atoms with Gasteiger partial charge < -0.3 is 4.74 Å². The summed E-state index contributed by atoms with van der Waals surface area (Å²) in [6.07, 6.45) is 4.86. The molecule has 1 aliphatic rings. The van der Waals surface area contributed by atoms with Crippen LogP contribution in [-0.4, -0.2) is 11.2 Å². The first kappa shape index (κ1) is 5.81. The molecule has 0 aromatic rings. The van der Waals surface area contributed by atoms with Crippen LogP contribution in [0, 0.1) is 10.1 Å². The summed E-state index contributed by atoms with van der Waals surface area (Å²) < 4.78 is 4.57. The van der Waals surface area contributed by atoms with Crippen LogP contribution in [0.25, 0.3) is 0 Å². The van der Waals surface area contributed by atoms with Gasteiger partial charge in [-0.25, -0.2) is 0 Å². The first-order valence-corrected chi connectivity index (χ1v) is 2.43. The van der Waals surface area contributed by atoms with Crippen LogP contribution < -0.4 is 0 Å². The van der Waals surface area contributed by atoms with E-state index < -0.39 is 11.2 Å². The Labute approximate surface area is 51.6 Å². The number of nitrogens with zero attached hydrogens (tertiary/aromatic N) is 1. The third-order valence-electron chi connectivity index (χ3n) is 0.891. The Morgan fingerprint density at radius 3 is 2.67 bits per heavy atom. The number of nitro groups is 1. The van der Waals surface area contributed by atoms with E-state index in [0.29, 0.717) is 0 Å². The summed E-state index contributed by atoms with van der Waals surface area (Å²) in [6.45, 7) is 0. The van der Waals surface area contributed by atoms with Gasteiger partial charge in [0.2, 0.25) is 0 Å². The van der Waals surface area contributed by atoms with E-state index in [4.69, 9.17) is 0 Å². The van der Waals surface area contributed by atoms with Crippen molar-refractivity contribution in [3.05, 3.63) is 34.6 Å². The summed E-state index contributed by atoms with van der Waals surface area (Å²) in [5, 5.41) is 9.95. The van der Waals surface area contributed by atoms with Crippen molar-refractivity contribution in [1.29, 1.82) is 0 Å². The molecule has 1 aliphatic heterocycles. The number of allylic oxidation sites excluding steroid dienone is 2. The molecule has 0 aromatic heterocycles. The zero-order valence-corrected chi connectivity index (χ0v) is 4.56. The molecule has 4 nitrogen and oxygen atoms in total. The van der Waals surface area contributed by atoms with E-state index >= 15 is 0 Å². The fourth-order valence-corrected chi connectivity index (χ4v) is 0.496. The van der Waals surface area contributed by atoms with Gasteiger partial charge >= 0.3 is 6.23 Å². The van der Waals surface area contributed by atoms with Crippen molar-refractivity contribution in [2.24, 2.45) is 0 Å². The number of hydrogen-bond acceptors (Lipinski definition) is 3. The average molecular weight is 127 g/mol. The van der Waals surface area contributed by atoms with Gasteiger partial charge in [0.05, 0.1) is 11.2 Å². The van der Waals surface area contributed by atoms with E-state index in [0.717, 1.165) is 0 Å². The van der Waals surface area contributed by atoms with Crippen LogP contribution in [0.2, 0.25) is 0 Å². The van der Waals surface area contributed by atoms with Crippen molar-refractivity contribution in [2.75, 3.05) is 0 Å². The van der Waals surface area contributed by atoms with Crippen LogP contribution in [0.4, 0.5) is 0 Å². The molecule has 1 heterocycles. The molecule has 0 amide bonds. The standard InChI is InChI=1S/C5H5NO3/c7-6(8)5-3-1-2-4-9-5/h1-5H. The van der Waals surface area contributed by atoms with Gasteiger partial charge in [-0.15, -0.1) is 0 Å². The molecule has 0 saturated heterocycles. The highest BCUT2D eigenvalue weighted by atomic mass is 16.7. The molecule has 0 spiro atoms. The SMILES string of the molecule is O=[N+]([O-])C1C=CC=CO1. The first-order valence-electron chi connectivity index (χ1n) is 2.43. The van der Waals surface area contributed by atoms with Gasteiger partial charge in [0.25, 0.3) is 0 Å². The smallest absolute Gasteiger partial charge is 0.373 e. The van der Waals surface area contributed by atoms with Gasteiger partial charge in [-0.05, 0) is 6.08 Å². The first-order chi connectivity index (χ1) is 4.30. The second-order valence-electron chi connectivity index (χ2n) is 1.53. The molecule has 9 heavy (non-hydrogen) atoms. The maximum Gasteiger partial charge on any atom is 0.373 e. The lowest BCUT2D eigenvalue weighted by molar-refractivity contribution is -0.555. The molecule has 1 rings (SSSR count).